The SMILES string of the molecule is CCC(C)(C)C(=O)NC(C)(C)c1ccccc1. The van der Waals surface area contributed by atoms with Crippen LogP contribution < -0.4 is 5.32 Å². The van der Waals surface area contributed by atoms with E-state index in [1.165, 1.54) is 0 Å². The van der Waals surface area contributed by atoms with Crippen LogP contribution in [0.4, 0.5) is 0 Å². The summed E-state index contributed by atoms with van der Waals surface area (Å²) in [5.74, 6) is 0.105. The van der Waals surface area contributed by atoms with E-state index in [4.69, 9.17) is 0 Å². The molecule has 2 heteroatoms. The van der Waals surface area contributed by atoms with Crippen LogP contribution in [0.25, 0.3) is 0 Å². The molecule has 0 atom stereocenters. The van der Waals surface area contributed by atoms with Crippen molar-refractivity contribution < 1.29 is 4.79 Å². The average molecular weight is 233 g/mol. The van der Waals surface area contributed by atoms with Gasteiger partial charge in [-0.1, -0.05) is 51.1 Å². The fourth-order valence-electron chi connectivity index (χ4n) is 1.54. The Morgan fingerprint density at radius 2 is 1.65 bits per heavy atom. The van der Waals surface area contributed by atoms with E-state index in [0.29, 0.717) is 0 Å². The molecule has 0 spiro atoms. The van der Waals surface area contributed by atoms with Gasteiger partial charge in [0.2, 0.25) is 5.91 Å². The zero-order chi connectivity index (χ0) is 13.1. The molecule has 0 aliphatic carbocycles. The molecule has 94 valence electrons. The van der Waals surface area contributed by atoms with Gasteiger partial charge in [-0.15, -0.1) is 0 Å². The lowest BCUT2D eigenvalue weighted by molar-refractivity contribution is -0.131. The molecule has 1 rings (SSSR count). The third-order valence-corrected chi connectivity index (χ3v) is 3.42. The summed E-state index contributed by atoms with van der Waals surface area (Å²) in [6.45, 7) is 10.1. The Kier molecular flexibility index (Phi) is 3.97. The molecule has 0 aromatic heterocycles. The molecular formula is C15H23NO. The number of rotatable bonds is 4. The summed E-state index contributed by atoms with van der Waals surface area (Å²) in [6, 6.07) is 10.1. The molecule has 0 radical (unpaired) electrons. The third kappa shape index (κ3) is 3.32. The van der Waals surface area contributed by atoms with Gasteiger partial charge in [0.1, 0.15) is 0 Å². The van der Waals surface area contributed by atoms with Crippen molar-refractivity contribution in [1.29, 1.82) is 0 Å². The van der Waals surface area contributed by atoms with Crippen molar-refractivity contribution >= 4 is 5.91 Å². The van der Waals surface area contributed by atoms with Gasteiger partial charge < -0.3 is 5.32 Å². The van der Waals surface area contributed by atoms with E-state index in [1.807, 2.05) is 65.0 Å². The van der Waals surface area contributed by atoms with E-state index >= 15 is 0 Å². The predicted octanol–water partition coefficient (Wildman–Crippen LogP) is 3.47. The minimum atomic E-state index is -0.329. The highest BCUT2D eigenvalue weighted by atomic mass is 16.2. The van der Waals surface area contributed by atoms with Gasteiger partial charge in [-0.3, -0.25) is 4.79 Å². The highest BCUT2D eigenvalue weighted by molar-refractivity contribution is 5.82. The standard InChI is InChI=1S/C15H23NO/c1-6-14(2,3)13(17)16-15(4,5)12-10-8-7-9-11-12/h7-11H,6H2,1-5H3,(H,16,17). The number of benzene rings is 1. The molecule has 1 aromatic carbocycles. The fraction of sp³-hybridized carbons (Fsp3) is 0.533. The number of nitrogens with one attached hydrogen (secondary N) is 1. The molecule has 0 fully saturated rings. The van der Waals surface area contributed by atoms with Crippen LogP contribution in [0, 0.1) is 5.41 Å². The summed E-state index contributed by atoms with van der Waals surface area (Å²) in [5, 5.41) is 3.12. The minimum absolute atomic E-state index is 0.105. The summed E-state index contributed by atoms with van der Waals surface area (Å²) in [5.41, 5.74) is 0.483. The Morgan fingerprint density at radius 3 is 2.12 bits per heavy atom. The lowest BCUT2D eigenvalue weighted by atomic mass is 9.86. The number of amides is 1. The van der Waals surface area contributed by atoms with Crippen LogP contribution in [-0.4, -0.2) is 5.91 Å². The monoisotopic (exact) mass is 233 g/mol. The summed E-state index contributed by atoms with van der Waals surface area (Å²) in [7, 11) is 0. The van der Waals surface area contributed by atoms with Crippen LogP contribution in [0.2, 0.25) is 0 Å². The maximum absolute atomic E-state index is 12.2. The first-order chi connectivity index (χ1) is 7.79. The maximum Gasteiger partial charge on any atom is 0.226 e. The van der Waals surface area contributed by atoms with Crippen molar-refractivity contribution in [3.8, 4) is 0 Å². The minimum Gasteiger partial charge on any atom is -0.347 e. The second kappa shape index (κ2) is 4.91. The highest BCUT2D eigenvalue weighted by Gasteiger charge is 2.31. The zero-order valence-corrected chi connectivity index (χ0v) is 11.5. The molecule has 0 bridgehead atoms. The topological polar surface area (TPSA) is 29.1 Å². The number of carbonyl (C=O) groups is 1. The molecule has 0 saturated heterocycles. The average Bonchev–Trinajstić information content (AvgIpc) is 2.29. The van der Waals surface area contributed by atoms with Gasteiger partial charge in [0.25, 0.3) is 0 Å². The molecule has 1 N–H and O–H groups in total. The van der Waals surface area contributed by atoms with Gasteiger partial charge in [-0.05, 0) is 25.8 Å². The van der Waals surface area contributed by atoms with Gasteiger partial charge in [0.05, 0.1) is 5.54 Å². The normalized spacial score (nSPS) is 12.3. The van der Waals surface area contributed by atoms with Crippen LogP contribution in [0.5, 0.6) is 0 Å². The molecule has 1 amide bonds. The Bertz CT molecular complexity index is 379. The van der Waals surface area contributed by atoms with Crippen LogP contribution in [-0.2, 0) is 10.3 Å². The third-order valence-electron chi connectivity index (χ3n) is 3.42. The summed E-state index contributed by atoms with van der Waals surface area (Å²) >= 11 is 0. The van der Waals surface area contributed by atoms with E-state index in [1.54, 1.807) is 0 Å². The lowest BCUT2D eigenvalue weighted by Gasteiger charge is -2.32. The number of hydrogen-bond acceptors (Lipinski definition) is 1. The Labute approximate surface area is 104 Å². The molecule has 0 saturated carbocycles. The van der Waals surface area contributed by atoms with Crippen molar-refractivity contribution in [2.45, 2.75) is 46.6 Å². The summed E-state index contributed by atoms with van der Waals surface area (Å²) in [6.07, 6.45) is 0.837. The lowest BCUT2D eigenvalue weighted by Crippen LogP contribution is -2.46. The van der Waals surface area contributed by atoms with Crippen molar-refractivity contribution in [1.82, 2.24) is 5.32 Å². The first kappa shape index (κ1) is 13.8. The van der Waals surface area contributed by atoms with Crippen LogP contribution >= 0.6 is 0 Å². The van der Waals surface area contributed by atoms with Crippen molar-refractivity contribution in [2.24, 2.45) is 5.41 Å². The fourth-order valence-corrected chi connectivity index (χ4v) is 1.54. The second-order valence-corrected chi connectivity index (χ2v) is 5.68. The van der Waals surface area contributed by atoms with Crippen LogP contribution in [0.15, 0.2) is 30.3 Å². The molecular weight excluding hydrogens is 210 g/mol. The van der Waals surface area contributed by atoms with Crippen LogP contribution in [0.3, 0.4) is 0 Å². The maximum atomic E-state index is 12.2. The molecule has 0 unspecified atom stereocenters. The van der Waals surface area contributed by atoms with Crippen molar-refractivity contribution in [3.63, 3.8) is 0 Å². The van der Waals surface area contributed by atoms with Crippen LogP contribution in [0.1, 0.15) is 46.6 Å². The first-order valence-corrected chi connectivity index (χ1v) is 6.18. The molecule has 0 aliphatic rings. The molecule has 17 heavy (non-hydrogen) atoms. The van der Waals surface area contributed by atoms with Gasteiger partial charge in [-0.25, -0.2) is 0 Å². The molecule has 2 nitrogen and oxygen atoms in total. The molecule has 1 aromatic rings. The molecule has 0 heterocycles. The van der Waals surface area contributed by atoms with Gasteiger partial charge in [0.15, 0.2) is 0 Å². The van der Waals surface area contributed by atoms with E-state index in [9.17, 15) is 4.79 Å². The van der Waals surface area contributed by atoms with Gasteiger partial charge >= 0.3 is 0 Å². The van der Waals surface area contributed by atoms with Crippen molar-refractivity contribution in [2.75, 3.05) is 0 Å². The van der Waals surface area contributed by atoms with Crippen molar-refractivity contribution in [3.05, 3.63) is 35.9 Å². The number of hydrogen-bond donors (Lipinski definition) is 1. The van der Waals surface area contributed by atoms with E-state index < -0.39 is 0 Å². The molecule has 0 aliphatic heterocycles. The largest absolute Gasteiger partial charge is 0.347 e. The van der Waals surface area contributed by atoms with E-state index in [-0.39, 0.29) is 16.9 Å². The Hall–Kier alpha value is -1.31. The quantitative estimate of drug-likeness (QED) is 0.847. The second-order valence-electron chi connectivity index (χ2n) is 5.68. The Morgan fingerprint density at radius 1 is 1.12 bits per heavy atom. The smallest absolute Gasteiger partial charge is 0.226 e. The highest BCUT2D eigenvalue weighted by Crippen LogP contribution is 2.25. The van der Waals surface area contributed by atoms with Gasteiger partial charge in [-0.2, -0.15) is 0 Å². The Balaban J connectivity index is 2.84. The summed E-state index contributed by atoms with van der Waals surface area (Å²) in [4.78, 5) is 12.2. The first-order valence-electron chi connectivity index (χ1n) is 6.18. The van der Waals surface area contributed by atoms with E-state index in [2.05, 4.69) is 5.32 Å². The predicted molar refractivity (Wildman–Crippen MR) is 71.7 cm³/mol. The zero-order valence-electron chi connectivity index (χ0n) is 11.5. The van der Waals surface area contributed by atoms with Gasteiger partial charge in [0, 0.05) is 5.41 Å². The van der Waals surface area contributed by atoms with E-state index in [0.717, 1.165) is 12.0 Å². The summed E-state index contributed by atoms with van der Waals surface area (Å²) < 4.78 is 0. The number of carbonyl (C=O) groups excluding carboxylic acids is 1.